The van der Waals surface area contributed by atoms with Gasteiger partial charge < -0.3 is 19.8 Å². The molecule has 0 saturated carbocycles. The molecule has 0 bridgehead atoms. The number of hydrogen-bond acceptors (Lipinski definition) is 8. The summed E-state index contributed by atoms with van der Waals surface area (Å²) in [4.78, 5) is 8.82. The van der Waals surface area contributed by atoms with Crippen LogP contribution >= 0.6 is 11.6 Å². The summed E-state index contributed by atoms with van der Waals surface area (Å²) in [7, 11) is -3.03. The van der Waals surface area contributed by atoms with E-state index in [4.69, 9.17) is 20.8 Å². The van der Waals surface area contributed by atoms with Crippen molar-refractivity contribution in [2.75, 3.05) is 23.4 Å². The molecule has 8 nitrogen and oxygen atoms in total. The minimum atomic E-state index is -3.03. The number of anilines is 2. The maximum atomic E-state index is 13.5. The number of nitrogens with one attached hydrogen (secondary N) is 2. The topological polar surface area (TPSA) is 106 Å². The summed E-state index contributed by atoms with van der Waals surface area (Å²) in [5, 5.41) is 7.63. The van der Waals surface area contributed by atoms with Gasteiger partial charge in [0.1, 0.15) is 41.8 Å². The van der Waals surface area contributed by atoms with Crippen LogP contribution in [-0.2, 0) is 23.0 Å². The minimum absolute atomic E-state index is 0.102. The van der Waals surface area contributed by atoms with Crippen molar-refractivity contribution in [3.05, 3.63) is 101 Å². The van der Waals surface area contributed by atoms with Gasteiger partial charge >= 0.3 is 0 Å². The van der Waals surface area contributed by atoms with Crippen molar-refractivity contribution in [2.24, 2.45) is 0 Å². The molecule has 5 rings (SSSR count). The van der Waals surface area contributed by atoms with Crippen LogP contribution in [0.5, 0.6) is 5.75 Å². The average molecular weight is 609 g/mol. The third-order valence-corrected chi connectivity index (χ3v) is 8.62. The summed E-state index contributed by atoms with van der Waals surface area (Å²) in [5.74, 6) is 2.43. The van der Waals surface area contributed by atoms with Gasteiger partial charge in [0.2, 0.25) is 0 Å². The van der Waals surface area contributed by atoms with Gasteiger partial charge in [0, 0.05) is 28.9 Å². The summed E-state index contributed by atoms with van der Waals surface area (Å²) >= 11 is 6.48. The quantitative estimate of drug-likeness (QED) is 0.139. The minimum Gasteiger partial charge on any atom is -0.487 e. The van der Waals surface area contributed by atoms with E-state index in [0.29, 0.717) is 58.9 Å². The molecule has 0 unspecified atom stereocenters. The predicted octanol–water partition coefficient (Wildman–Crippen LogP) is 6.92. The first-order valence-corrected chi connectivity index (χ1v) is 15.7. The SMILES string of the molecule is CCCS(=O)(=O)CCNCc1ccc(-c2ccc3ncnc(Nc4ccc(OCc5cccc(F)c5)c(Cl)c4)c3c2)o1. The Bertz CT molecular complexity index is 1800. The van der Waals surface area contributed by atoms with Crippen LogP contribution in [0.15, 0.2) is 83.5 Å². The van der Waals surface area contributed by atoms with Gasteiger partial charge in [-0.1, -0.05) is 30.7 Å². The van der Waals surface area contributed by atoms with E-state index in [1.807, 2.05) is 43.3 Å². The van der Waals surface area contributed by atoms with Crippen LogP contribution in [-0.4, -0.2) is 36.4 Å². The highest BCUT2D eigenvalue weighted by Crippen LogP contribution is 2.32. The zero-order valence-electron chi connectivity index (χ0n) is 22.9. The number of nitrogens with zero attached hydrogens (tertiary/aromatic N) is 2. The number of aromatic nitrogens is 2. The average Bonchev–Trinajstić information content (AvgIpc) is 3.44. The smallest absolute Gasteiger partial charge is 0.151 e. The maximum absolute atomic E-state index is 13.5. The number of sulfone groups is 1. The third-order valence-electron chi connectivity index (χ3n) is 6.46. The van der Waals surface area contributed by atoms with Crippen LogP contribution in [0.25, 0.3) is 22.2 Å². The summed E-state index contributed by atoms with van der Waals surface area (Å²) in [5.41, 5.74) is 3.00. The molecule has 0 amide bonds. The molecule has 5 aromatic rings. The lowest BCUT2D eigenvalue weighted by molar-refractivity contribution is 0.306. The first-order valence-electron chi connectivity index (χ1n) is 13.5. The van der Waals surface area contributed by atoms with Crippen LogP contribution < -0.4 is 15.4 Å². The molecular formula is C31H30ClFN4O4S. The fourth-order valence-corrected chi connectivity index (χ4v) is 5.93. The van der Waals surface area contributed by atoms with E-state index in [1.165, 1.54) is 18.5 Å². The van der Waals surface area contributed by atoms with Gasteiger partial charge in [0.25, 0.3) is 0 Å². The second kappa shape index (κ2) is 13.3. The van der Waals surface area contributed by atoms with Gasteiger partial charge in [0.15, 0.2) is 9.84 Å². The molecule has 3 aromatic carbocycles. The van der Waals surface area contributed by atoms with Crippen LogP contribution in [0.2, 0.25) is 5.02 Å². The van der Waals surface area contributed by atoms with Crippen molar-refractivity contribution in [1.82, 2.24) is 15.3 Å². The van der Waals surface area contributed by atoms with Crippen molar-refractivity contribution in [3.8, 4) is 17.1 Å². The number of fused-ring (bicyclic) bond motifs is 1. The van der Waals surface area contributed by atoms with Crippen molar-refractivity contribution in [2.45, 2.75) is 26.5 Å². The van der Waals surface area contributed by atoms with E-state index in [2.05, 4.69) is 20.6 Å². The second-order valence-corrected chi connectivity index (χ2v) is 12.4. The third kappa shape index (κ3) is 7.64. The monoisotopic (exact) mass is 608 g/mol. The maximum Gasteiger partial charge on any atom is 0.151 e. The lowest BCUT2D eigenvalue weighted by Crippen LogP contribution is -2.23. The Morgan fingerprint density at radius 2 is 1.88 bits per heavy atom. The zero-order chi connectivity index (χ0) is 29.5. The molecular weight excluding hydrogens is 579 g/mol. The lowest BCUT2D eigenvalue weighted by Gasteiger charge is -2.12. The van der Waals surface area contributed by atoms with Crippen molar-refractivity contribution >= 4 is 43.8 Å². The standard InChI is InChI=1S/C31H30ClFN4O4S/c1-2-13-42(38,39)14-12-34-18-25-8-11-29(41-25)22-6-9-28-26(16-22)31(36-20-35-28)37-24-7-10-30(27(32)17-24)40-19-21-4-3-5-23(33)15-21/h3-11,15-17,20,34H,2,12-14,18-19H2,1H3,(H,35,36,37). The molecule has 0 atom stereocenters. The number of ether oxygens (including phenoxy) is 1. The van der Waals surface area contributed by atoms with Gasteiger partial charge in [-0.15, -0.1) is 0 Å². The Balaban J connectivity index is 1.26. The molecule has 42 heavy (non-hydrogen) atoms. The van der Waals surface area contributed by atoms with E-state index < -0.39 is 9.84 Å². The molecule has 0 radical (unpaired) electrons. The Hall–Kier alpha value is -3.99. The predicted molar refractivity (Wildman–Crippen MR) is 163 cm³/mol. The first kappa shape index (κ1) is 29.5. The van der Waals surface area contributed by atoms with E-state index in [-0.39, 0.29) is 23.9 Å². The summed E-state index contributed by atoms with van der Waals surface area (Å²) < 4.78 is 49.0. The van der Waals surface area contributed by atoms with Gasteiger partial charge in [-0.2, -0.15) is 0 Å². The molecule has 0 aliphatic rings. The highest BCUT2D eigenvalue weighted by molar-refractivity contribution is 7.91. The van der Waals surface area contributed by atoms with Gasteiger partial charge in [-0.25, -0.2) is 22.8 Å². The zero-order valence-corrected chi connectivity index (χ0v) is 24.5. The highest BCUT2D eigenvalue weighted by Gasteiger charge is 2.12. The van der Waals surface area contributed by atoms with Crippen LogP contribution in [0, 0.1) is 5.82 Å². The van der Waals surface area contributed by atoms with Crippen LogP contribution in [0.3, 0.4) is 0 Å². The van der Waals surface area contributed by atoms with Gasteiger partial charge in [-0.3, -0.25) is 0 Å². The number of rotatable bonds is 13. The Labute approximate surface area is 248 Å². The molecule has 0 aliphatic carbocycles. The van der Waals surface area contributed by atoms with Crippen molar-refractivity contribution in [1.29, 1.82) is 0 Å². The highest BCUT2D eigenvalue weighted by atomic mass is 35.5. The molecule has 2 N–H and O–H groups in total. The van der Waals surface area contributed by atoms with E-state index in [0.717, 1.165) is 16.5 Å². The Morgan fingerprint density at radius 3 is 2.69 bits per heavy atom. The molecule has 0 spiro atoms. The normalized spacial score (nSPS) is 11.6. The molecule has 2 heterocycles. The van der Waals surface area contributed by atoms with Gasteiger partial charge in [0.05, 0.1) is 22.8 Å². The summed E-state index contributed by atoms with van der Waals surface area (Å²) in [6.07, 6.45) is 2.10. The number of benzene rings is 3. The number of furan rings is 1. The molecule has 0 fully saturated rings. The fraction of sp³-hybridized carbons (Fsp3) is 0.226. The summed E-state index contributed by atoms with van der Waals surface area (Å²) in [6.45, 7) is 2.84. The molecule has 11 heteroatoms. The molecule has 2 aromatic heterocycles. The second-order valence-electron chi connectivity index (χ2n) is 9.74. The largest absolute Gasteiger partial charge is 0.487 e. The molecule has 0 saturated heterocycles. The molecule has 218 valence electrons. The van der Waals surface area contributed by atoms with Crippen LogP contribution in [0.4, 0.5) is 15.9 Å². The molecule has 0 aliphatic heterocycles. The summed E-state index contributed by atoms with van der Waals surface area (Å²) in [6, 6.07) is 21.0. The Kier molecular flexibility index (Phi) is 9.36. The van der Waals surface area contributed by atoms with E-state index in [1.54, 1.807) is 24.3 Å². The van der Waals surface area contributed by atoms with E-state index in [9.17, 15) is 12.8 Å². The van der Waals surface area contributed by atoms with E-state index >= 15 is 0 Å². The number of halogens is 2. The first-order chi connectivity index (χ1) is 20.3. The Morgan fingerprint density at radius 1 is 1.00 bits per heavy atom. The fourth-order valence-electron chi connectivity index (χ4n) is 4.41. The van der Waals surface area contributed by atoms with Crippen molar-refractivity contribution in [3.63, 3.8) is 0 Å². The van der Waals surface area contributed by atoms with Crippen LogP contribution in [0.1, 0.15) is 24.7 Å². The van der Waals surface area contributed by atoms with Gasteiger partial charge in [-0.05, 0) is 72.6 Å². The van der Waals surface area contributed by atoms with Crippen molar-refractivity contribution < 1.29 is 22.0 Å². The number of hydrogen-bond donors (Lipinski definition) is 2. The lowest BCUT2D eigenvalue weighted by atomic mass is 10.1.